The Kier molecular flexibility index (Phi) is 1.73. The largest absolute Gasteiger partial charge is 0.364 e. The molecule has 3 N–H and O–H groups in total. The third-order valence-corrected chi connectivity index (χ3v) is 2.75. The molecule has 1 rings (SSSR count). The molecule has 0 spiro atoms. The van der Waals surface area contributed by atoms with E-state index < -0.39 is 0 Å². The first kappa shape index (κ1) is 6.96. The summed E-state index contributed by atoms with van der Waals surface area (Å²) in [6.45, 7) is 4.21. The molecule has 0 fully saturated rings. The maximum absolute atomic E-state index is 5.89. The molecule has 1 aliphatic rings. The van der Waals surface area contributed by atoms with Gasteiger partial charge in [0.25, 0.3) is 0 Å². The fourth-order valence-electron chi connectivity index (χ4n) is 0.648. The monoisotopic (exact) mass is 144 g/mol. The quantitative estimate of drug-likeness (QED) is 0.578. The molecule has 0 amide bonds. The molecule has 0 aliphatic carbocycles. The summed E-state index contributed by atoms with van der Waals surface area (Å²) in [4.78, 5) is -0.250. The standard InChI is InChI=1S/C6H12N2S/c1-5(2)6(7)8-3-4-9-6/h3-5,8H,7H2,1-2H3. The van der Waals surface area contributed by atoms with Crippen LogP contribution in [0.4, 0.5) is 0 Å². The average molecular weight is 144 g/mol. The van der Waals surface area contributed by atoms with E-state index in [4.69, 9.17) is 5.73 Å². The van der Waals surface area contributed by atoms with E-state index in [9.17, 15) is 0 Å². The van der Waals surface area contributed by atoms with Gasteiger partial charge < -0.3 is 5.32 Å². The molecule has 1 unspecified atom stereocenters. The molecule has 1 heterocycles. The zero-order chi connectivity index (χ0) is 6.91. The third-order valence-electron chi connectivity index (χ3n) is 1.50. The molecule has 1 atom stereocenters. The van der Waals surface area contributed by atoms with Gasteiger partial charge in [0.15, 0.2) is 0 Å². The van der Waals surface area contributed by atoms with E-state index in [-0.39, 0.29) is 4.99 Å². The zero-order valence-corrected chi connectivity index (χ0v) is 6.53. The van der Waals surface area contributed by atoms with Gasteiger partial charge in [0.1, 0.15) is 4.99 Å². The normalized spacial score (nSPS) is 33.3. The van der Waals surface area contributed by atoms with Crippen molar-refractivity contribution in [1.82, 2.24) is 5.32 Å². The van der Waals surface area contributed by atoms with E-state index in [1.54, 1.807) is 11.8 Å². The van der Waals surface area contributed by atoms with Crippen LogP contribution in [0.5, 0.6) is 0 Å². The molecule has 2 nitrogen and oxygen atoms in total. The molecule has 0 aromatic heterocycles. The summed E-state index contributed by atoms with van der Waals surface area (Å²) in [6.07, 6.45) is 1.89. The fourth-order valence-corrected chi connectivity index (χ4v) is 1.42. The van der Waals surface area contributed by atoms with Crippen LogP contribution in [0.2, 0.25) is 0 Å². The second kappa shape index (κ2) is 2.23. The van der Waals surface area contributed by atoms with Gasteiger partial charge in [-0.3, -0.25) is 5.73 Å². The SMILES string of the molecule is CC(C)C1(N)NC=CS1. The van der Waals surface area contributed by atoms with Crippen LogP contribution in [0.1, 0.15) is 13.8 Å². The van der Waals surface area contributed by atoms with Crippen molar-refractivity contribution in [2.45, 2.75) is 18.8 Å². The molecule has 52 valence electrons. The van der Waals surface area contributed by atoms with E-state index in [0.29, 0.717) is 5.92 Å². The highest BCUT2D eigenvalue weighted by Gasteiger charge is 2.29. The smallest absolute Gasteiger partial charge is 0.140 e. The predicted molar refractivity (Wildman–Crippen MR) is 41.6 cm³/mol. The average Bonchev–Trinajstić information content (AvgIpc) is 2.16. The van der Waals surface area contributed by atoms with E-state index in [2.05, 4.69) is 19.2 Å². The van der Waals surface area contributed by atoms with Gasteiger partial charge in [-0.25, -0.2) is 0 Å². The summed E-state index contributed by atoms with van der Waals surface area (Å²) in [5.41, 5.74) is 5.89. The molecule has 9 heavy (non-hydrogen) atoms. The molecule has 0 radical (unpaired) electrons. The van der Waals surface area contributed by atoms with Crippen LogP contribution in [0.15, 0.2) is 11.6 Å². The molecular weight excluding hydrogens is 132 g/mol. The zero-order valence-electron chi connectivity index (χ0n) is 5.72. The summed E-state index contributed by atoms with van der Waals surface area (Å²) in [7, 11) is 0. The van der Waals surface area contributed by atoms with Gasteiger partial charge in [-0.2, -0.15) is 0 Å². The van der Waals surface area contributed by atoms with Crippen molar-refractivity contribution in [3.8, 4) is 0 Å². The van der Waals surface area contributed by atoms with Crippen LogP contribution < -0.4 is 11.1 Å². The Labute approximate surface area is 59.9 Å². The van der Waals surface area contributed by atoms with Gasteiger partial charge in [-0.15, -0.1) is 0 Å². The Morgan fingerprint density at radius 1 is 1.67 bits per heavy atom. The molecule has 0 saturated heterocycles. The maximum atomic E-state index is 5.89. The van der Waals surface area contributed by atoms with E-state index in [0.717, 1.165) is 0 Å². The first-order valence-electron chi connectivity index (χ1n) is 3.04. The summed E-state index contributed by atoms with van der Waals surface area (Å²) < 4.78 is 0. The van der Waals surface area contributed by atoms with Crippen molar-refractivity contribution >= 4 is 11.8 Å². The van der Waals surface area contributed by atoms with Crippen molar-refractivity contribution in [2.75, 3.05) is 0 Å². The second-order valence-corrected chi connectivity index (χ2v) is 3.70. The first-order valence-corrected chi connectivity index (χ1v) is 3.92. The molecule has 0 aromatic rings. The molecule has 0 saturated carbocycles. The van der Waals surface area contributed by atoms with Gasteiger partial charge in [-0.1, -0.05) is 25.6 Å². The van der Waals surface area contributed by atoms with Crippen LogP contribution in [-0.2, 0) is 0 Å². The minimum Gasteiger partial charge on any atom is -0.364 e. The van der Waals surface area contributed by atoms with Gasteiger partial charge >= 0.3 is 0 Å². The Morgan fingerprint density at radius 3 is 2.56 bits per heavy atom. The number of hydrogen-bond donors (Lipinski definition) is 2. The van der Waals surface area contributed by atoms with Crippen LogP contribution in [-0.4, -0.2) is 4.99 Å². The van der Waals surface area contributed by atoms with Crippen LogP contribution in [0.25, 0.3) is 0 Å². The van der Waals surface area contributed by atoms with Crippen molar-refractivity contribution in [3.05, 3.63) is 11.6 Å². The summed E-state index contributed by atoms with van der Waals surface area (Å²) >= 11 is 1.64. The van der Waals surface area contributed by atoms with E-state index >= 15 is 0 Å². The number of hydrogen-bond acceptors (Lipinski definition) is 3. The topological polar surface area (TPSA) is 38.0 Å². The second-order valence-electron chi connectivity index (χ2n) is 2.51. The maximum Gasteiger partial charge on any atom is 0.140 e. The van der Waals surface area contributed by atoms with Crippen LogP contribution in [0.3, 0.4) is 0 Å². The van der Waals surface area contributed by atoms with Gasteiger partial charge in [0.05, 0.1) is 0 Å². The Balaban J connectivity index is 2.55. The number of rotatable bonds is 1. The van der Waals surface area contributed by atoms with Crippen LogP contribution >= 0.6 is 11.8 Å². The van der Waals surface area contributed by atoms with Gasteiger partial charge in [0.2, 0.25) is 0 Å². The first-order chi connectivity index (χ1) is 4.15. The number of nitrogens with one attached hydrogen (secondary N) is 1. The van der Waals surface area contributed by atoms with E-state index in [1.165, 1.54) is 0 Å². The van der Waals surface area contributed by atoms with Crippen LogP contribution in [0, 0.1) is 5.92 Å². The summed E-state index contributed by atoms with van der Waals surface area (Å²) in [6, 6.07) is 0. The molecular formula is C6H12N2S. The lowest BCUT2D eigenvalue weighted by Crippen LogP contribution is -2.49. The lowest BCUT2D eigenvalue weighted by molar-refractivity contribution is 0.415. The highest BCUT2D eigenvalue weighted by molar-refractivity contribution is 8.03. The lowest BCUT2D eigenvalue weighted by atomic mass is 10.1. The molecule has 0 bridgehead atoms. The third kappa shape index (κ3) is 1.22. The van der Waals surface area contributed by atoms with Crippen molar-refractivity contribution < 1.29 is 0 Å². The van der Waals surface area contributed by atoms with Gasteiger partial charge in [-0.05, 0) is 11.3 Å². The molecule has 3 heteroatoms. The molecule has 0 aromatic carbocycles. The minimum absolute atomic E-state index is 0.250. The van der Waals surface area contributed by atoms with E-state index in [1.807, 2.05) is 11.6 Å². The number of nitrogens with two attached hydrogens (primary N) is 1. The summed E-state index contributed by atoms with van der Waals surface area (Å²) in [5.74, 6) is 0.456. The summed E-state index contributed by atoms with van der Waals surface area (Å²) in [5, 5.41) is 5.08. The highest BCUT2D eigenvalue weighted by Crippen LogP contribution is 2.29. The van der Waals surface area contributed by atoms with Crippen molar-refractivity contribution in [1.29, 1.82) is 0 Å². The fraction of sp³-hybridized carbons (Fsp3) is 0.667. The Morgan fingerprint density at radius 2 is 2.33 bits per heavy atom. The Hall–Kier alpha value is -0.150. The Bertz CT molecular complexity index is 123. The highest BCUT2D eigenvalue weighted by atomic mass is 32.2. The van der Waals surface area contributed by atoms with Gasteiger partial charge in [0, 0.05) is 6.20 Å². The predicted octanol–water partition coefficient (Wildman–Crippen LogP) is 1.06. The minimum atomic E-state index is -0.250. The lowest BCUT2D eigenvalue weighted by Gasteiger charge is -2.27. The van der Waals surface area contributed by atoms with Crippen molar-refractivity contribution in [3.63, 3.8) is 0 Å². The number of thioether (sulfide) groups is 1. The van der Waals surface area contributed by atoms with Crippen molar-refractivity contribution in [2.24, 2.45) is 11.7 Å². The molecule has 1 aliphatic heterocycles.